The van der Waals surface area contributed by atoms with Crippen LogP contribution >= 0.6 is 11.5 Å². The van der Waals surface area contributed by atoms with Gasteiger partial charge in [0.15, 0.2) is 0 Å². The fraction of sp³-hybridized carbons (Fsp3) is 0. The topological polar surface area (TPSA) is 102 Å². The van der Waals surface area contributed by atoms with Gasteiger partial charge in [-0.2, -0.15) is 4.98 Å². The first-order valence-corrected chi connectivity index (χ1v) is 5.96. The Hall–Kier alpha value is -2.61. The lowest BCUT2D eigenvalue weighted by molar-refractivity contribution is 0.0697. The lowest BCUT2D eigenvalue weighted by Gasteiger charge is -1.96. The Morgan fingerprint density at radius 2 is 2.26 bits per heavy atom. The third kappa shape index (κ3) is 2.20. The summed E-state index contributed by atoms with van der Waals surface area (Å²) in [4.78, 5) is 15.7. The minimum Gasteiger partial charge on any atom is -0.478 e. The number of carbonyl (C=O) groups is 1. The standard InChI is InChI=1S/C11H6N4O3S/c16-11(17)7-3-1-2-6(4-7)9-13-10(18-14-9)8-5-12-15-19-8/h1-5H,(H,16,17). The Labute approximate surface area is 110 Å². The van der Waals surface area contributed by atoms with Gasteiger partial charge in [-0.3, -0.25) is 0 Å². The van der Waals surface area contributed by atoms with Gasteiger partial charge in [0.05, 0.1) is 11.8 Å². The van der Waals surface area contributed by atoms with Crippen LogP contribution in [0.4, 0.5) is 0 Å². The molecule has 1 aromatic carbocycles. The monoisotopic (exact) mass is 274 g/mol. The van der Waals surface area contributed by atoms with Crippen LogP contribution in [0.1, 0.15) is 10.4 Å². The summed E-state index contributed by atoms with van der Waals surface area (Å²) in [7, 11) is 0. The predicted molar refractivity (Wildman–Crippen MR) is 65.6 cm³/mol. The van der Waals surface area contributed by atoms with Crippen molar-refractivity contribution in [3.05, 3.63) is 36.0 Å². The molecule has 0 aliphatic rings. The van der Waals surface area contributed by atoms with Gasteiger partial charge in [0, 0.05) is 5.56 Å². The van der Waals surface area contributed by atoms with E-state index in [9.17, 15) is 4.79 Å². The molecule has 8 heteroatoms. The van der Waals surface area contributed by atoms with Crippen LogP contribution in [0.5, 0.6) is 0 Å². The zero-order chi connectivity index (χ0) is 13.2. The Kier molecular flexibility index (Phi) is 2.76. The number of aromatic carboxylic acids is 1. The highest BCUT2D eigenvalue weighted by molar-refractivity contribution is 7.09. The van der Waals surface area contributed by atoms with Crippen LogP contribution < -0.4 is 0 Å². The van der Waals surface area contributed by atoms with E-state index in [1.54, 1.807) is 12.1 Å². The fourth-order valence-electron chi connectivity index (χ4n) is 1.49. The van der Waals surface area contributed by atoms with Crippen LogP contribution in [-0.2, 0) is 0 Å². The molecule has 94 valence electrons. The third-order valence-electron chi connectivity index (χ3n) is 2.37. The van der Waals surface area contributed by atoms with Crippen molar-refractivity contribution >= 4 is 17.5 Å². The van der Waals surface area contributed by atoms with Gasteiger partial charge in [-0.25, -0.2) is 4.79 Å². The second-order valence-corrected chi connectivity index (χ2v) is 4.38. The molecule has 2 aromatic heterocycles. The van der Waals surface area contributed by atoms with E-state index in [4.69, 9.17) is 9.63 Å². The molecule has 0 radical (unpaired) electrons. The highest BCUT2D eigenvalue weighted by Crippen LogP contribution is 2.23. The summed E-state index contributed by atoms with van der Waals surface area (Å²) in [6.45, 7) is 0. The molecular formula is C11H6N4O3S. The van der Waals surface area contributed by atoms with Gasteiger partial charge in [-0.05, 0) is 23.7 Å². The van der Waals surface area contributed by atoms with Gasteiger partial charge in [-0.1, -0.05) is 21.8 Å². The first kappa shape index (κ1) is 11.5. The first-order valence-electron chi connectivity index (χ1n) is 5.19. The van der Waals surface area contributed by atoms with Crippen molar-refractivity contribution in [3.63, 3.8) is 0 Å². The molecule has 0 aliphatic carbocycles. The molecule has 0 atom stereocenters. The van der Waals surface area contributed by atoms with Gasteiger partial charge >= 0.3 is 5.97 Å². The van der Waals surface area contributed by atoms with Crippen molar-refractivity contribution in [1.82, 2.24) is 19.7 Å². The number of aromatic nitrogens is 4. The fourth-order valence-corrected chi connectivity index (χ4v) is 1.93. The zero-order valence-electron chi connectivity index (χ0n) is 9.35. The molecular weight excluding hydrogens is 268 g/mol. The molecule has 0 spiro atoms. The second-order valence-electron chi connectivity index (χ2n) is 3.59. The summed E-state index contributed by atoms with van der Waals surface area (Å²) in [6.07, 6.45) is 1.52. The molecule has 0 unspecified atom stereocenters. The number of carboxylic acid groups (broad SMARTS) is 1. The minimum absolute atomic E-state index is 0.170. The van der Waals surface area contributed by atoms with E-state index in [-0.39, 0.29) is 5.56 Å². The Morgan fingerprint density at radius 1 is 1.37 bits per heavy atom. The summed E-state index contributed by atoms with van der Waals surface area (Å²) in [6, 6.07) is 6.33. The summed E-state index contributed by atoms with van der Waals surface area (Å²) in [5.41, 5.74) is 0.746. The maximum Gasteiger partial charge on any atom is 0.335 e. The zero-order valence-corrected chi connectivity index (χ0v) is 10.2. The van der Waals surface area contributed by atoms with Crippen molar-refractivity contribution in [2.24, 2.45) is 0 Å². The maximum absolute atomic E-state index is 10.9. The molecule has 3 aromatic rings. The third-order valence-corrected chi connectivity index (χ3v) is 3.02. The smallest absolute Gasteiger partial charge is 0.335 e. The van der Waals surface area contributed by atoms with Crippen LogP contribution in [0.2, 0.25) is 0 Å². The van der Waals surface area contributed by atoms with Crippen LogP contribution in [0.15, 0.2) is 35.0 Å². The average molecular weight is 274 g/mol. The average Bonchev–Trinajstić information content (AvgIpc) is 3.09. The Morgan fingerprint density at radius 3 is 3.00 bits per heavy atom. The van der Waals surface area contributed by atoms with E-state index in [0.717, 1.165) is 11.5 Å². The van der Waals surface area contributed by atoms with Crippen LogP contribution in [-0.4, -0.2) is 30.8 Å². The van der Waals surface area contributed by atoms with Gasteiger partial charge in [0.2, 0.25) is 5.82 Å². The molecule has 0 amide bonds. The lowest BCUT2D eigenvalue weighted by Crippen LogP contribution is -1.96. The molecule has 2 heterocycles. The van der Waals surface area contributed by atoms with Gasteiger partial charge in [0.25, 0.3) is 5.89 Å². The van der Waals surface area contributed by atoms with Crippen LogP contribution in [0.25, 0.3) is 22.2 Å². The molecule has 0 saturated heterocycles. The van der Waals surface area contributed by atoms with Crippen molar-refractivity contribution in [2.75, 3.05) is 0 Å². The SMILES string of the molecule is O=C(O)c1cccc(-c2noc(-c3cnns3)n2)c1. The van der Waals surface area contributed by atoms with E-state index in [1.165, 1.54) is 18.3 Å². The molecule has 7 nitrogen and oxygen atoms in total. The molecule has 0 saturated carbocycles. The van der Waals surface area contributed by atoms with Crippen molar-refractivity contribution in [2.45, 2.75) is 0 Å². The molecule has 0 aliphatic heterocycles. The van der Waals surface area contributed by atoms with E-state index >= 15 is 0 Å². The van der Waals surface area contributed by atoms with Crippen LogP contribution in [0, 0.1) is 0 Å². The highest BCUT2D eigenvalue weighted by atomic mass is 32.1. The van der Waals surface area contributed by atoms with E-state index in [0.29, 0.717) is 22.2 Å². The Bertz CT molecular complexity index is 723. The van der Waals surface area contributed by atoms with E-state index < -0.39 is 5.97 Å². The largest absolute Gasteiger partial charge is 0.478 e. The molecule has 19 heavy (non-hydrogen) atoms. The van der Waals surface area contributed by atoms with Crippen LogP contribution in [0.3, 0.4) is 0 Å². The second kappa shape index (κ2) is 4.58. The number of carboxylic acids is 1. The van der Waals surface area contributed by atoms with Gasteiger partial charge < -0.3 is 9.63 Å². The van der Waals surface area contributed by atoms with Gasteiger partial charge in [0.1, 0.15) is 4.88 Å². The highest BCUT2D eigenvalue weighted by Gasteiger charge is 2.13. The summed E-state index contributed by atoms with van der Waals surface area (Å²) in [5.74, 6) is -0.366. The lowest BCUT2D eigenvalue weighted by atomic mass is 10.1. The Balaban J connectivity index is 1.99. The first-order chi connectivity index (χ1) is 9.24. The number of hydrogen-bond donors (Lipinski definition) is 1. The predicted octanol–water partition coefficient (Wildman–Crippen LogP) is 1.95. The summed E-state index contributed by atoms with van der Waals surface area (Å²) >= 11 is 1.14. The van der Waals surface area contributed by atoms with Crippen molar-refractivity contribution in [1.29, 1.82) is 0 Å². The minimum atomic E-state index is -1.00. The number of hydrogen-bond acceptors (Lipinski definition) is 7. The van der Waals surface area contributed by atoms with Gasteiger partial charge in [-0.15, -0.1) is 5.10 Å². The van der Waals surface area contributed by atoms with E-state index in [2.05, 4.69) is 19.7 Å². The summed E-state index contributed by atoms with van der Waals surface area (Å²) in [5, 5.41) is 16.4. The molecule has 3 rings (SSSR count). The maximum atomic E-state index is 10.9. The summed E-state index contributed by atoms with van der Waals surface area (Å²) < 4.78 is 8.79. The normalized spacial score (nSPS) is 10.5. The molecule has 1 N–H and O–H groups in total. The number of rotatable bonds is 3. The molecule has 0 bridgehead atoms. The number of benzene rings is 1. The van der Waals surface area contributed by atoms with Crippen molar-refractivity contribution in [3.8, 4) is 22.2 Å². The quantitative estimate of drug-likeness (QED) is 0.778. The van der Waals surface area contributed by atoms with Crippen molar-refractivity contribution < 1.29 is 14.4 Å². The molecule has 0 fully saturated rings. The van der Waals surface area contributed by atoms with E-state index in [1.807, 2.05) is 0 Å². The number of nitrogens with zero attached hydrogens (tertiary/aromatic N) is 4.